The predicted octanol–water partition coefficient (Wildman–Crippen LogP) is 2.73. The predicted molar refractivity (Wildman–Crippen MR) is 86.4 cm³/mol. The van der Waals surface area contributed by atoms with Crippen LogP contribution in [0.25, 0.3) is 0 Å². The van der Waals surface area contributed by atoms with Gasteiger partial charge in [-0.15, -0.1) is 0 Å². The topological polar surface area (TPSA) is 50.4 Å². The van der Waals surface area contributed by atoms with E-state index in [0.717, 1.165) is 25.1 Å². The molecule has 1 amide bonds. The second-order valence-corrected chi connectivity index (χ2v) is 5.90. The quantitative estimate of drug-likeness (QED) is 0.736. The normalized spacial score (nSPS) is 12.2. The molecule has 4 heteroatoms. The van der Waals surface area contributed by atoms with Gasteiger partial charge in [-0.3, -0.25) is 4.79 Å². The maximum Gasteiger partial charge on any atom is 0.258 e. The lowest BCUT2D eigenvalue weighted by atomic mass is 10.0. The lowest BCUT2D eigenvalue weighted by Crippen LogP contribution is -2.36. The average Bonchev–Trinajstić information content (AvgIpc) is 2.45. The van der Waals surface area contributed by atoms with Crippen LogP contribution in [0.4, 0.5) is 0 Å². The number of carbonyl (C=O) groups is 1. The van der Waals surface area contributed by atoms with E-state index in [9.17, 15) is 4.79 Å². The smallest absolute Gasteiger partial charge is 0.258 e. The minimum atomic E-state index is -0.0643. The van der Waals surface area contributed by atoms with Crippen molar-refractivity contribution in [1.29, 1.82) is 0 Å². The average molecular weight is 292 g/mol. The van der Waals surface area contributed by atoms with Gasteiger partial charge < -0.3 is 15.4 Å². The Bertz CT molecular complexity index is 415. The monoisotopic (exact) mass is 292 g/mol. The zero-order chi connectivity index (χ0) is 15.7. The molecular formula is C17H28N2O2. The molecule has 0 spiro atoms. The lowest BCUT2D eigenvalue weighted by molar-refractivity contribution is -0.123. The molecule has 0 bridgehead atoms. The van der Waals surface area contributed by atoms with E-state index < -0.39 is 0 Å². The molecule has 1 atom stereocenters. The Morgan fingerprint density at radius 3 is 2.38 bits per heavy atom. The van der Waals surface area contributed by atoms with Gasteiger partial charge in [-0.05, 0) is 50.4 Å². The summed E-state index contributed by atoms with van der Waals surface area (Å²) in [5, 5.41) is 6.05. The van der Waals surface area contributed by atoms with Crippen LogP contribution in [0.1, 0.15) is 39.2 Å². The van der Waals surface area contributed by atoms with Crippen molar-refractivity contribution in [2.45, 2.75) is 46.2 Å². The summed E-state index contributed by atoms with van der Waals surface area (Å²) in [5.74, 6) is 1.32. The largest absolute Gasteiger partial charge is 0.484 e. The summed E-state index contributed by atoms with van der Waals surface area (Å²) in [6.45, 7) is 7.31. The summed E-state index contributed by atoms with van der Waals surface area (Å²) < 4.78 is 5.49. The van der Waals surface area contributed by atoms with Crippen LogP contribution >= 0.6 is 0 Å². The number of ether oxygens (including phenoxy) is 1. The van der Waals surface area contributed by atoms with E-state index in [2.05, 4.69) is 24.5 Å². The summed E-state index contributed by atoms with van der Waals surface area (Å²) in [6, 6.07) is 7.97. The molecule has 0 aliphatic heterocycles. The van der Waals surface area contributed by atoms with Crippen LogP contribution in [0.15, 0.2) is 24.3 Å². The van der Waals surface area contributed by atoms with Gasteiger partial charge in [0.1, 0.15) is 5.75 Å². The van der Waals surface area contributed by atoms with Crippen molar-refractivity contribution in [3.05, 3.63) is 29.8 Å². The van der Waals surface area contributed by atoms with Crippen molar-refractivity contribution in [2.24, 2.45) is 5.92 Å². The van der Waals surface area contributed by atoms with E-state index in [4.69, 9.17) is 4.74 Å². The number of hydrogen-bond donors (Lipinski definition) is 2. The van der Waals surface area contributed by atoms with Crippen LogP contribution in [0.5, 0.6) is 5.75 Å². The van der Waals surface area contributed by atoms with Gasteiger partial charge in [0.25, 0.3) is 5.91 Å². The maximum atomic E-state index is 11.8. The van der Waals surface area contributed by atoms with Gasteiger partial charge in [-0.2, -0.15) is 0 Å². The van der Waals surface area contributed by atoms with E-state index in [1.807, 2.05) is 38.2 Å². The van der Waals surface area contributed by atoms with Gasteiger partial charge in [0.2, 0.25) is 0 Å². The summed E-state index contributed by atoms with van der Waals surface area (Å²) in [4.78, 5) is 11.8. The SMILES string of the molecule is CNCc1ccc(OCC(=O)NC(C)CCC(C)C)cc1. The standard InChI is InChI=1S/C17H28N2O2/c1-13(2)5-6-14(3)19-17(20)12-21-16-9-7-15(8-10-16)11-18-4/h7-10,13-14,18H,5-6,11-12H2,1-4H3,(H,19,20). The molecule has 118 valence electrons. The molecule has 1 unspecified atom stereocenters. The highest BCUT2D eigenvalue weighted by atomic mass is 16.5. The summed E-state index contributed by atoms with van der Waals surface area (Å²) in [6.07, 6.45) is 2.12. The summed E-state index contributed by atoms with van der Waals surface area (Å²) in [7, 11) is 1.91. The third kappa shape index (κ3) is 7.71. The minimum Gasteiger partial charge on any atom is -0.484 e. The molecule has 1 aromatic carbocycles. The van der Waals surface area contributed by atoms with E-state index in [1.165, 1.54) is 5.56 Å². The highest BCUT2D eigenvalue weighted by molar-refractivity contribution is 5.77. The van der Waals surface area contributed by atoms with Gasteiger partial charge in [-0.1, -0.05) is 26.0 Å². The van der Waals surface area contributed by atoms with Crippen molar-refractivity contribution in [3.63, 3.8) is 0 Å². The summed E-state index contributed by atoms with van der Waals surface area (Å²) in [5.41, 5.74) is 1.19. The third-order valence-corrected chi connectivity index (χ3v) is 3.26. The first-order chi connectivity index (χ1) is 10.0. The van der Waals surface area contributed by atoms with E-state index in [1.54, 1.807) is 0 Å². The highest BCUT2D eigenvalue weighted by Gasteiger charge is 2.08. The van der Waals surface area contributed by atoms with Crippen molar-refractivity contribution in [3.8, 4) is 5.75 Å². The Balaban J connectivity index is 2.28. The Kier molecular flexibility index (Phi) is 7.83. The van der Waals surface area contributed by atoms with Crippen LogP contribution in [-0.4, -0.2) is 25.6 Å². The fraction of sp³-hybridized carbons (Fsp3) is 0.588. The fourth-order valence-corrected chi connectivity index (χ4v) is 2.03. The van der Waals surface area contributed by atoms with Crippen LogP contribution < -0.4 is 15.4 Å². The number of rotatable bonds is 9. The maximum absolute atomic E-state index is 11.8. The van der Waals surface area contributed by atoms with Gasteiger partial charge >= 0.3 is 0 Å². The molecule has 21 heavy (non-hydrogen) atoms. The Morgan fingerprint density at radius 2 is 1.81 bits per heavy atom. The zero-order valence-corrected chi connectivity index (χ0v) is 13.6. The molecule has 0 heterocycles. The zero-order valence-electron chi connectivity index (χ0n) is 13.6. The van der Waals surface area contributed by atoms with Gasteiger partial charge in [0, 0.05) is 12.6 Å². The first kappa shape index (κ1) is 17.5. The number of hydrogen-bond acceptors (Lipinski definition) is 3. The second-order valence-electron chi connectivity index (χ2n) is 5.90. The highest BCUT2D eigenvalue weighted by Crippen LogP contribution is 2.12. The third-order valence-electron chi connectivity index (χ3n) is 3.26. The molecule has 0 aliphatic carbocycles. The number of benzene rings is 1. The molecular weight excluding hydrogens is 264 g/mol. The first-order valence-electron chi connectivity index (χ1n) is 7.67. The van der Waals surface area contributed by atoms with Crippen molar-refractivity contribution in [2.75, 3.05) is 13.7 Å². The van der Waals surface area contributed by atoms with E-state index >= 15 is 0 Å². The fourth-order valence-electron chi connectivity index (χ4n) is 2.03. The summed E-state index contributed by atoms with van der Waals surface area (Å²) >= 11 is 0. The van der Waals surface area contributed by atoms with E-state index in [0.29, 0.717) is 5.92 Å². The lowest BCUT2D eigenvalue weighted by Gasteiger charge is -2.15. The van der Waals surface area contributed by atoms with Crippen LogP contribution in [0.2, 0.25) is 0 Å². The molecule has 0 aliphatic rings. The molecule has 0 fully saturated rings. The molecule has 0 radical (unpaired) electrons. The minimum absolute atomic E-state index is 0.0643. The number of carbonyl (C=O) groups excluding carboxylic acids is 1. The first-order valence-corrected chi connectivity index (χ1v) is 7.67. The molecule has 4 nitrogen and oxygen atoms in total. The van der Waals surface area contributed by atoms with Crippen molar-refractivity contribution in [1.82, 2.24) is 10.6 Å². The second kappa shape index (κ2) is 9.40. The van der Waals surface area contributed by atoms with Gasteiger partial charge in [0.15, 0.2) is 6.61 Å². The van der Waals surface area contributed by atoms with Crippen LogP contribution in [-0.2, 0) is 11.3 Å². The molecule has 1 rings (SSSR count). The Labute approximate surface area is 128 Å². The molecule has 0 saturated carbocycles. The van der Waals surface area contributed by atoms with E-state index in [-0.39, 0.29) is 18.6 Å². The molecule has 2 N–H and O–H groups in total. The van der Waals surface area contributed by atoms with Crippen LogP contribution in [0, 0.1) is 5.92 Å². The molecule has 1 aromatic rings. The van der Waals surface area contributed by atoms with Gasteiger partial charge in [-0.25, -0.2) is 0 Å². The Hall–Kier alpha value is -1.55. The Morgan fingerprint density at radius 1 is 1.14 bits per heavy atom. The van der Waals surface area contributed by atoms with Crippen LogP contribution in [0.3, 0.4) is 0 Å². The molecule has 0 aromatic heterocycles. The molecule has 0 saturated heterocycles. The number of nitrogens with one attached hydrogen (secondary N) is 2. The van der Waals surface area contributed by atoms with Gasteiger partial charge in [0.05, 0.1) is 0 Å². The van der Waals surface area contributed by atoms with Crippen molar-refractivity contribution < 1.29 is 9.53 Å². The number of amides is 1. The van der Waals surface area contributed by atoms with Crippen molar-refractivity contribution >= 4 is 5.91 Å².